The minimum atomic E-state index is -3.33. The smallest absolute Gasteiger partial charge is 0.198 e. The van der Waals surface area contributed by atoms with Crippen LogP contribution >= 0.6 is 0 Å². The molecular formula is C7H15NO3S. The van der Waals surface area contributed by atoms with Gasteiger partial charge in [0.25, 0.3) is 10.1 Å². The molecule has 1 fully saturated rings. The Balaban J connectivity index is 2.22. The summed E-state index contributed by atoms with van der Waals surface area (Å²) < 4.78 is 25.7. The lowest BCUT2D eigenvalue weighted by Gasteiger charge is -2.21. The monoisotopic (exact) mass is 193 g/mol. The third kappa shape index (κ3) is 4.04. The van der Waals surface area contributed by atoms with Crippen molar-refractivity contribution in [2.75, 3.05) is 6.26 Å². The van der Waals surface area contributed by atoms with Crippen LogP contribution in [0.25, 0.3) is 0 Å². The van der Waals surface area contributed by atoms with Gasteiger partial charge in [0.1, 0.15) is 0 Å². The Morgan fingerprint density at radius 2 is 1.83 bits per heavy atom. The summed E-state index contributed by atoms with van der Waals surface area (Å²) in [5.74, 6) is 0. The SMILES string of the molecule is CS(=O)(=O)ONC1CCCCC1. The van der Waals surface area contributed by atoms with Gasteiger partial charge >= 0.3 is 0 Å². The molecule has 72 valence electrons. The van der Waals surface area contributed by atoms with Gasteiger partial charge in [0.15, 0.2) is 0 Å². The quantitative estimate of drug-likeness (QED) is 0.674. The fourth-order valence-electron chi connectivity index (χ4n) is 1.38. The van der Waals surface area contributed by atoms with Crippen LogP contribution in [0.5, 0.6) is 0 Å². The van der Waals surface area contributed by atoms with E-state index in [0.717, 1.165) is 31.9 Å². The van der Waals surface area contributed by atoms with Crippen LogP contribution in [0.3, 0.4) is 0 Å². The van der Waals surface area contributed by atoms with Gasteiger partial charge in [0, 0.05) is 6.04 Å². The molecule has 0 unspecified atom stereocenters. The van der Waals surface area contributed by atoms with Crippen LogP contribution in [0.2, 0.25) is 0 Å². The molecule has 0 saturated heterocycles. The third-order valence-corrected chi connectivity index (χ3v) is 2.37. The van der Waals surface area contributed by atoms with Crippen molar-refractivity contribution in [2.24, 2.45) is 0 Å². The highest BCUT2D eigenvalue weighted by atomic mass is 32.2. The molecule has 5 heteroatoms. The molecule has 0 aromatic carbocycles. The molecular weight excluding hydrogens is 178 g/mol. The van der Waals surface area contributed by atoms with Crippen LogP contribution in [-0.4, -0.2) is 20.7 Å². The maximum absolute atomic E-state index is 10.6. The van der Waals surface area contributed by atoms with E-state index in [0.29, 0.717) is 0 Å². The molecule has 12 heavy (non-hydrogen) atoms. The second-order valence-corrected chi connectivity index (χ2v) is 4.82. The van der Waals surface area contributed by atoms with E-state index in [1.54, 1.807) is 0 Å². The average molecular weight is 193 g/mol. The van der Waals surface area contributed by atoms with E-state index in [2.05, 4.69) is 9.76 Å². The summed E-state index contributed by atoms with van der Waals surface area (Å²) in [6.45, 7) is 0. The largest absolute Gasteiger partial charge is 0.280 e. The maximum atomic E-state index is 10.6. The predicted octanol–water partition coefficient (Wildman–Crippen LogP) is 0.800. The van der Waals surface area contributed by atoms with Crippen molar-refractivity contribution >= 4 is 10.1 Å². The highest BCUT2D eigenvalue weighted by Gasteiger charge is 2.14. The zero-order chi connectivity index (χ0) is 9.03. The summed E-state index contributed by atoms with van der Waals surface area (Å²) in [7, 11) is -3.33. The van der Waals surface area contributed by atoms with Gasteiger partial charge in [0.2, 0.25) is 0 Å². The van der Waals surface area contributed by atoms with Crippen molar-refractivity contribution in [1.82, 2.24) is 5.48 Å². The number of hydroxylamine groups is 1. The highest BCUT2D eigenvalue weighted by molar-refractivity contribution is 7.85. The Kier molecular flexibility index (Phi) is 3.49. The van der Waals surface area contributed by atoms with Crippen molar-refractivity contribution in [3.05, 3.63) is 0 Å². The van der Waals surface area contributed by atoms with Crippen LogP contribution in [0.4, 0.5) is 0 Å². The highest BCUT2D eigenvalue weighted by Crippen LogP contribution is 2.17. The lowest BCUT2D eigenvalue weighted by Crippen LogP contribution is -2.32. The Hall–Kier alpha value is -0.130. The summed E-state index contributed by atoms with van der Waals surface area (Å²) in [5, 5.41) is 0. The van der Waals surface area contributed by atoms with Gasteiger partial charge in [0.05, 0.1) is 6.26 Å². The lowest BCUT2D eigenvalue weighted by molar-refractivity contribution is 0.142. The predicted molar refractivity (Wildman–Crippen MR) is 45.9 cm³/mol. The number of hydrogen-bond acceptors (Lipinski definition) is 4. The first-order valence-electron chi connectivity index (χ1n) is 4.22. The van der Waals surface area contributed by atoms with Crippen molar-refractivity contribution in [2.45, 2.75) is 38.1 Å². The molecule has 0 atom stereocenters. The van der Waals surface area contributed by atoms with Crippen molar-refractivity contribution in [3.8, 4) is 0 Å². The van der Waals surface area contributed by atoms with Crippen molar-refractivity contribution < 1.29 is 12.7 Å². The summed E-state index contributed by atoms with van der Waals surface area (Å²) in [6.07, 6.45) is 6.63. The van der Waals surface area contributed by atoms with Crippen LogP contribution in [0, 0.1) is 0 Å². The Labute approximate surface area is 73.4 Å². The zero-order valence-electron chi connectivity index (χ0n) is 7.25. The van der Waals surface area contributed by atoms with Gasteiger partial charge < -0.3 is 0 Å². The number of hydrogen-bond donors (Lipinski definition) is 1. The molecule has 1 N–H and O–H groups in total. The Bertz CT molecular complexity index is 219. The third-order valence-electron chi connectivity index (χ3n) is 1.97. The minimum absolute atomic E-state index is 0.216. The molecule has 0 radical (unpaired) electrons. The molecule has 0 amide bonds. The molecule has 4 nitrogen and oxygen atoms in total. The molecule has 0 bridgehead atoms. The summed E-state index contributed by atoms with van der Waals surface area (Å²) in [5.41, 5.74) is 2.57. The lowest BCUT2D eigenvalue weighted by atomic mass is 9.96. The van der Waals surface area contributed by atoms with Gasteiger partial charge in [-0.1, -0.05) is 19.3 Å². The summed E-state index contributed by atoms with van der Waals surface area (Å²) in [4.78, 5) is 0. The summed E-state index contributed by atoms with van der Waals surface area (Å²) in [6, 6.07) is 0.216. The fourth-order valence-corrected chi connectivity index (χ4v) is 1.69. The van der Waals surface area contributed by atoms with Crippen molar-refractivity contribution in [3.63, 3.8) is 0 Å². The van der Waals surface area contributed by atoms with E-state index in [1.807, 2.05) is 0 Å². The normalized spacial score (nSPS) is 21.1. The Morgan fingerprint density at radius 3 is 2.33 bits per heavy atom. The first kappa shape index (κ1) is 9.95. The molecule has 0 aromatic rings. The molecule has 1 saturated carbocycles. The molecule has 0 aromatic heterocycles. The molecule has 1 aliphatic rings. The number of nitrogens with one attached hydrogen (secondary N) is 1. The zero-order valence-corrected chi connectivity index (χ0v) is 8.06. The molecule has 0 aliphatic heterocycles. The van der Waals surface area contributed by atoms with E-state index in [4.69, 9.17) is 0 Å². The van der Waals surface area contributed by atoms with Gasteiger partial charge in [-0.25, -0.2) is 0 Å². The molecule has 1 aliphatic carbocycles. The fraction of sp³-hybridized carbons (Fsp3) is 1.00. The number of rotatable bonds is 3. The molecule has 0 spiro atoms. The van der Waals surface area contributed by atoms with Crippen LogP contribution < -0.4 is 5.48 Å². The van der Waals surface area contributed by atoms with Crippen LogP contribution in [0.15, 0.2) is 0 Å². The van der Waals surface area contributed by atoms with Gasteiger partial charge in [-0.3, -0.25) is 0 Å². The topological polar surface area (TPSA) is 55.4 Å². The molecule has 0 heterocycles. The van der Waals surface area contributed by atoms with E-state index < -0.39 is 10.1 Å². The Morgan fingerprint density at radius 1 is 1.25 bits per heavy atom. The second kappa shape index (κ2) is 4.20. The summed E-state index contributed by atoms with van der Waals surface area (Å²) >= 11 is 0. The maximum Gasteiger partial charge on any atom is 0.280 e. The molecule has 1 rings (SSSR count). The van der Waals surface area contributed by atoms with Crippen LogP contribution in [0.1, 0.15) is 32.1 Å². The standard InChI is InChI=1S/C7H15NO3S/c1-12(9,10)11-8-7-5-3-2-4-6-7/h7-8H,2-6H2,1H3. The average Bonchev–Trinajstić information content (AvgIpc) is 2.02. The van der Waals surface area contributed by atoms with E-state index in [-0.39, 0.29) is 6.04 Å². The van der Waals surface area contributed by atoms with E-state index >= 15 is 0 Å². The first-order valence-corrected chi connectivity index (χ1v) is 6.03. The van der Waals surface area contributed by atoms with Gasteiger partial charge in [-0.15, -0.1) is 0 Å². The van der Waals surface area contributed by atoms with E-state index in [1.165, 1.54) is 6.42 Å². The van der Waals surface area contributed by atoms with E-state index in [9.17, 15) is 8.42 Å². The van der Waals surface area contributed by atoms with Gasteiger partial charge in [-0.05, 0) is 12.8 Å². The second-order valence-electron chi connectivity index (χ2n) is 3.24. The van der Waals surface area contributed by atoms with Gasteiger partial charge in [-0.2, -0.15) is 18.2 Å². The van der Waals surface area contributed by atoms with Crippen molar-refractivity contribution in [1.29, 1.82) is 0 Å². The first-order chi connectivity index (χ1) is 5.58. The minimum Gasteiger partial charge on any atom is -0.198 e. The van der Waals surface area contributed by atoms with Crippen LogP contribution in [-0.2, 0) is 14.4 Å².